The van der Waals surface area contributed by atoms with Gasteiger partial charge in [-0.2, -0.15) is 0 Å². The lowest BCUT2D eigenvalue weighted by atomic mass is 10.1. The maximum atomic E-state index is 11.8. The first-order valence-corrected chi connectivity index (χ1v) is 8.41. The summed E-state index contributed by atoms with van der Waals surface area (Å²) in [6.45, 7) is 10.5. The summed E-state index contributed by atoms with van der Waals surface area (Å²) in [4.78, 5) is 23.5. The van der Waals surface area contributed by atoms with Gasteiger partial charge in [0.2, 0.25) is 11.8 Å². The van der Waals surface area contributed by atoms with E-state index in [9.17, 15) is 9.59 Å². The molecule has 1 aromatic carbocycles. The van der Waals surface area contributed by atoms with Gasteiger partial charge in [0.1, 0.15) is 0 Å². The van der Waals surface area contributed by atoms with Crippen molar-refractivity contribution in [2.75, 3.05) is 19.8 Å². The lowest BCUT2D eigenvalue weighted by molar-refractivity contribution is -0.124. The van der Waals surface area contributed by atoms with E-state index >= 15 is 0 Å². The number of amides is 2. The maximum absolute atomic E-state index is 11.8. The molecule has 0 heterocycles. The molecule has 25 heavy (non-hydrogen) atoms. The zero-order valence-corrected chi connectivity index (χ0v) is 15.6. The molecule has 0 aliphatic carbocycles. The van der Waals surface area contributed by atoms with Gasteiger partial charge in [0.25, 0.3) is 0 Å². The number of carbonyl (C=O) groups excluding carboxylic acids is 2. The summed E-state index contributed by atoms with van der Waals surface area (Å²) in [6.07, 6.45) is 3.05. The first kappa shape index (κ1) is 20.5. The third kappa shape index (κ3) is 8.24. The van der Waals surface area contributed by atoms with Crippen LogP contribution in [0.2, 0.25) is 0 Å². The van der Waals surface area contributed by atoms with Gasteiger partial charge in [0.05, 0.1) is 19.8 Å². The fourth-order valence-electron chi connectivity index (χ4n) is 2.03. The lowest BCUT2D eigenvalue weighted by Gasteiger charge is -2.20. The van der Waals surface area contributed by atoms with Crippen molar-refractivity contribution in [3.63, 3.8) is 0 Å². The second-order valence-corrected chi connectivity index (χ2v) is 6.42. The molecule has 0 saturated carbocycles. The van der Waals surface area contributed by atoms with E-state index in [0.717, 1.165) is 5.56 Å². The van der Waals surface area contributed by atoms with Crippen LogP contribution in [0.1, 0.15) is 40.2 Å². The van der Waals surface area contributed by atoms with Crippen LogP contribution in [0.5, 0.6) is 11.5 Å². The van der Waals surface area contributed by atoms with E-state index in [0.29, 0.717) is 24.7 Å². The quantitative estimate of drug-likeness (QED) is 0.708. The average Bonchev–Trinajstić information content (AvgIpc) is 2.52. The molecule has 0 spiro atoms. The van der Waals surface area contributed by atoms with Crippen LogP contribution >= 0.6 is 0 Å². The van der Waals surface area contributed by atoms with Crippen molar-refractivity contribution < 1.29 is 19.1 Å². The first-order chi connectivity index (χ1) is 11.7. The van der Waals surface area contributed by atoms with Crippen LogP contribution in [-0.2, 0) is 9.59 Å². The van der Waals surface area contributed by atoms with E-state index in [4.69, 9.17) is 9.47 Å². The van der Waals surface area contributed by atoms with Crippen molar-refractivity contribution in [2.24, 2.45) is 0 Å². The highest BCUT2D eigenvalue weighted by Gasteiger charge is 2.13. The van der Waals surface area contributed by atoms with Crippen LogP contribution in [0.15, 0.2) is 24.3 Å². The molecule has 0 fully saturated rings. The topological polar surface area (TPSA) is 76.7 Å². The van der Waals surface area contributed by atoms with Crippen molar-refractivity contribution in [1.82, 2.24) is 10.6 Å². The number of ether oxygens (including phenoxy) is 2. The Labute approximate surface area is 149 Å². The molecular formula is C19H28N2O4. The van der Waals surface area contributed by atoms with E-state index < -0.39 is 0 Å². The monoisotopic (exact) mass is 348 g/mol. The molecule has 0 aliphatic heterocycles. The van der Waals surface area contributed by atoms with Gasteiger partial charge < -0.3 is 20.1 Å². The summed E-state index contributed by atoms with van der Waals surface area (Å²) >= 11 is 0. The van der Waals surface area contributed by atoms with Gasteiger partial charge >= 0.3 is 0 Å². The maximum Gasteiger partial charge on any atom is 0.244 e. The number of hydrogen-bond acceptors (Lipinski definition) is 4. The normalized spacial score (nSPS) is 11.2. The minimum atomic E-state index is -0.337. The summed E-state index contributed by atoms with van der Waals surface area (Å²) in [5.74, 6) is 0.742. The van der Waals surface area contributed by atoms with Crippen LogP contribution in [-0.4, -0.2) is 37.1 Å². The van der Waals surface area contributed by atoms with Gasteiger partial charge in [-0.3, -0.25) is 9.59 Å². The molecule has 6 heteroatoms. The van der Waals surface area contributed by atoms with Crippen LogP contribution in [0.3, 0.4) is 0 Å². The van der Waals surface area contributed by atoms with E-state index in [1.165, 1.54) is 6.08 Å². The number of hydrogen-bond donors (Lipinski definition) is 2. The Kier molecular flexibility index (Phi) is 7.98. The summed E-state index contributed by atoms with van der Waals surface area (Å²) < 4.78 is 11.1. The van der Waals surface area contributed by atoms with Crippen molar-refractivity contribution in [2.45, 2.75) is 40.2 Å². The number of benzene rings is 1. The zero-order chi connectivity index (χ0) is 18.9. The highest BCUT2D eigenvalue weighted by molar-refractivity contribution is 5.94. The lowest BCUT2D eigenvalue weighted by Crippen LogP contribution is -2.45. The largest absolute Gasteiger partial charge is 0.490 e. The number of rotatable bonds is 8. The Morgan fingerprint density at radius 1 is 1.08 bits per heavy atom. The Morgan fingerprint density at radius 2 is 1.72 bits per heavy atom. The van der Waals surface area contributed by atoms with Crippen LogP contribution < -0.4 is 20.1 Å². The molecule has 1 rings (SSSR count). The van der Waals surface area contributed by atoms with Crippen molar-refractivity contribution in [3.8, 4) is 11.5 Å². The predicted molar refractivity (Wildman–Crippen MR) is 98.7 cm³/mol. The molecule has 2 amide bonds. The Morgan fingerprint density at radius 3 is 2.32 bits per heavy atom. The summed E-state index contributed by atoms with van der Waals surface area (Å²) in [5, 5.41) is 5.33. The molecule has 0 saturated heterocycles. The molecule has 0 bridgehead atoms. The Hall–Kier alpha value is -2.50. The van der Waals surface area contributed by atoms with Gasteiger partial charge in [-0.15, -0.1) is 0 Å². The number of carbonyl (C=O) groups is 2. The van der Waals surface area contributed by atoms with Gasteiger partial charge in [0.15, 0.2) is 11.5 Å². The minimum absolute atomic E-state index is 0.0616. The third-order valence-corrected chi connectivity index (χ3v) is 2.93. The van der Waals surface area contributed by atoms with E-state index in [2.05, 4.69) is 10.6 Å². The molecule has 6 nitrogen and oxygen atoms in total. The summed E-state index contributed by atoms with van der Waals surface area (Å²) in [5.41, 5.74) is 0.483. The van der Waals surface area contributed by atoms with Crippen molar-refractivity contribution >= 4 is 17.9 Å². The van der Waals surface area contributed by atoms with Gasteiger partial charge in [-0.25, -0.2) is 0 Å². The van der Waals surface area contributed by atoms with Gasteiger partial charge in [0, 0.05) is 11.6 Å². The molecular weight excluding hydrogens is 320 g/mol. The second kappa shape index (κ2) is 9.71. The SMILES string of the molecule is CCOc1ccc(/C=C/C(=O)NCC(=O)NC(C)(C)C)cc1OCC. The molecule has 0 radical (unpaired) electrons. The van der Waals surface area contributed by atoms with Crippen LogP contribution in [0.4, 0.5) is 0 Å². The predicted octanol–water partition coefficient (Wildman–Crippen LogP) is 2.53. The number of nitrogens with one attached hydrogen (secondary N) is 2. The first-order valence-electron chi connectivity index (χ1n) is 8.41. The fourth-order valence-corrected chi connectivity index (χ4v) is 2.03. The highest BCUT2D eigenvalue weighted by atomic mass is 16.5. The summed E-state index contributed by atoms with van der Waals surface area (Å²) in [7, 11) is 0. The van der Waals surface area contributed by atoms with E-state index in [-0.39, 0.29) is 23.9 Å². The summed E-state index contributed by atoms with van der Waals surface area (Å²) in [6, 6.07) is 5.46. The molecule has 0 aliphatic rings. The Balaban J connectivity index is 2.63. The Bertz CT molecular complexity index is 618. The third-order valence-electron chi connectivity index (χ3n) is 2.93. The van der Waals surface area contributed by atoms with Gasteiger partial charge in [-0.1, -0.05) is 6.07 Å². The minimum Gasteiger partial charge on any atom is -0.490 e. The molecule has 0 aromatic heterocycles. The van der Waals surface area contributed by atoms with E-state index in [1.807, 2.05) is 52.8 Å². The van der Waals surface area contributed by atoms with Crippen molar-refractivity contribution in [1.29, 1.82) is 0 Å². The average molecular weight is 348 g/mol. The molecule has 2 N–H and O–H groups in total. The van der Waals surface area contributed by atoms with Gasteiger partial charge in [-0.05, 0) is 58.4 Å². The van der Waals surface area contributed by atoms with E-state index in [1.54, 1.807) is 6.08 Å². The molecule has 1 aromatic rings. The molecule has 138 valence electrons. The second-order valence-electron chi connectivity index (χ2n) is 6.42. The van der Waals surface area contributed by atoms with Crippen molar-refractivity contribution in [3.05, 3.63) is 29.8 Å². The van der Waals surface area contributed by atoms with Crippen LogP contribution in [0.25, 0.3) is 6.08 Å². The highest BCUT2D eigenvalue weighted by Crippen LogP contribution is 2.28. The standard InChI is InChI=1S/C19H28N2O4/c1-6-24-15-10-8-14(12-16(15)25-7-2)9-11-17(22)20-13-18(23)21-19(3,4)5/h8-12H,6-7,13H2,1-5H3,(H,20,22)(H,21,23)/b11-9+. The molecule has 0 unspecified atom stereocenters. The van der Waals surface area contributed by atoms with Crippen LogP contribution in [0, 0.1) is 0 Å². The smallest absolute Gasteiger partial charge is 0.244 e. The zero-order valence-electron chi connectivity index (χ0n) is 15.6. The molecule has 0 atom stereocenters. The fraction of sp³-hybridized carbons (Fsp3) is 0.474.